The Morgan fingerprint density at radius 3 is 2.62 bits per heavy atom. The van der Waals surface area contributed by atoms with Gasteiger partial charge in [-0.3, -0.25) is 0 Å². The van der Waals surface area contributed by atoms with E-state index in [1.807, 2.05) is 31.2 Å². The van der Waals surface area contributed by atoms with E-state index >= 15 is 0 Å². The third kappa shape index (κ3) is 2.55. The number of nitrogens with one attached hydrogen (secondary N) is 1. The van der Waals surface area contributed by atoms with E-state index in [4.69, 9.17) is 5.11 Å². The second kappa shape index (κ2) is 4.72. The topological polar surface area (TPSA) is 58.0 Å². The lowest BCUT2D eigenvalue weighted by Crippen LogP contribution is -1.99. The molecular weight excluding hydrogens is 202 g/mol. The average molecular weight is 215 g/mol. The van der Waals surface area contributed by atoms with E-state index in [1.165, 1.54) is 5.56 Å². The Balaban J connectivity index is 2.16. The maximum atomic E-state index is 8.91. The smallest absolute Gasteiger partial charge is 0.156 e. The maximum absolute atomic E-state index is 8.91. The fourth-order valence-corrected chi connectivity index (χ4v) is 1.33. The molecule has 2 N–H and O–H groups in total. The Labute approximate surface area is 94.0 Å². The molecule has 1 aromatic carbocycles. The van der Waals surface area contributed by atoms with Gasteiger partial charge < -0.3 is 10.4 Å². The summed E-state index contributed by atoms with van der Waals surface area (Å²) < 4.78 is 0. The van der Waals surface area contributed by atoms with Crippen LogP contribution in [0.1, 0.15) is 11.4 Å². The van der Waals surface area contributed by atoms with Crippen LogP contribution in [0.3, 0.4) is 0 Å². The first-order valence-electron chi connectivity index (χ1n) is 5.04. The van der Waals surface area contributed by atoms with Crippen LogP contribution in [0.15, 0.2) is 36.5 Å². The fraction of sp³-hybridized carbons (Fsp3) is 0.167. The van der Waals surface area contributed by atoms with Crippen molar-refractivity contribution in [1.29, 1.82) is 0 Å². The van der Waals surface area contributed by atoms with Gasteiger partial charge in [-0.15, -0.1) is 0 Å². The first-order valence-corrected chi connectivity index (χ1v) is 5.04. The van der Waals surface area contributed by atoms with Crippen molar-refractivity contribution in [2.75, 3.05) is 5.32 Å². The molecule has 0 amide bonds. The van der Waals surface area contributed by atoms with Gasteiger partial charge in [0.05, 0.1) is 0 Å². The molecule has 2 rings (SSSR count). The minimum atomic E-state index is -0.149. The lowest BCUT2D eigenvalue weighted by Gasteiger charge is -2.06. The molecule has 0 saturated heterocycles. The number of hydrogen-bond acceptors (Lipinski definition) is 4. The van der Waals surface area contributed by atoms with Crippen molar-refractivity contribution in [3.05, 3.63) is 47.9 Å². The normalized spacial score (nSPS) is 10.1. The average Bonchev–Trinajstić information content (AvgIpc) is 2.32. The van der Waals surface area contributed by atoms with Crippen LogP contribution >= 0.6 is 0 Å². The number of nitrogens with zero attached hydrogens (tertiary/aromatic N) is 2. The number of aliphatic hydroxyl groups is 1. The lowest BCUT2D eigenvalue weighted by molar-refractivity contribution is 0.271. The van der Waals surface area contributed by atoms with Gasteiger partial charge in [0.1, 0.15) is 12.4 Å². The standard InChI is InChI=1S/C12H13N3O/c1-9-2-4-10(5-3-9)14-11-6-7-13-12(8-16)15-11/h2-7,16H,8H2,1H3,(H,13,14,15). The second-order valence-electron chi connectivity index (χ2n) is 3.51. The molecule has 0 aliphatic rings. The van der Waals surface area contributed by atoms with Crippen LogP contribution in [0.25, 0.3) is 0 Å². The van der Waals surface area contributed by atoms with Gasteiger partial charge >= 0.3 is 0 Å². The number of rotatable bonds is 3. The van der Waals surface area contributed by atoms with Crippen molar-refractivity contribution in [1.82, 2.24) is 9.97 Å². The van der Waals surface area contributed by atoms with Crippen molar-refractivity contribution in [3.63, 3.8) is 0 Å². The SMILES string of the molecule is Cc1ccc(Nc2ccnc(CO)n2)cc1. The van der Waals surface area contributed by atoms with Crippen molar-refractivity contribution < 1.29 is 5.11 Å². The molecule has 0 saturated carbocycles. The van der Waals surface area contributed by atoms with Crippen LogP contribution in [0.4, 0.5) is 11.5 Å². The van der Waals surface area contributed by atoms with Crippen molar-refractivity contribution in [2.24, 2.45) is 0 Å². The number of anilines is 2. The summed E-state index contributed by atoms with van der Waals surface area (Å²) in [4.78, 5) is 8.05. The zero-order valence-corrected chi connectivity index (χ0v) is 9.01. The number of hydrogen-bond donors (Lipinski definition) is 2. The fourth-order valence-electron chi connectivity index (χ4n) is 1.33. The van der Waals surface area contributed by atoms with Gasteiger partial charge in [-0.2, -0.15) is 0 Å². The highest BCUT2D eigenvalue weighted by Gasteiger charge is 1.98. The zero-order chi connectivity index (χ0) is 11.4. The molecule has 0 atom stereocenters. The molecule has 0 aliphatic heterocycles. The Bertz CT molecular complexity index is 468. The van der Waals surface area contributed by atoms with E-state index in [9.17, 15) is 0 Å². The molecule has 0 unspecified atom stereocenters. The number of benzene rings is 1. The van der Waals surface area contributed by atoms with Crippen LogP contribution in [-0.4, -0.2) is 15.1 Å². The molecule has 0 aliphatic carbocycles. The summed E-state index contributed by atoms with van der Waals surface area (Å²) in [5.41, 5.74) is 2.18. The third-order valence-corrected chi connectivity index (χ3v) is 2.17. The molecule has 4 nitrogen and oxygen atoms in total. The predicted octanol–water partition coefficient (Wildman–Crippen LogP) is 2.02. The highest BCUT2D eigenvalue weighted by Crippen LogP contribution is 2.14. The summed E-state index contributed by atoms with van der Waals surface area (Å²) >= 11 is 0. The quantitative estimate of drug-likeness (QED) is 0.822. The number of aromatic nitrogens is 2. The van der Waals surface area contributed by atoms with Crippen LogP contribution < -0.4 is 5.32 Å². The van der Waals surface area contributed by atoms with Gasteiger partial charge in [0.25, 0.3) is 0 Å². The van der Waals surface area contributed by atoms with E-state index in [0.717, 1.165) is 5.69 Å². The molecule has 0 radical (unpaired) electrons. The summed E-state index contributed by atoms with van der Waals surface area (Å²) in [6.45, 7) is 1.89. The molecule has 16 heavy (non-hydrogen) atoms. The molecule has 4 heteroatoms. The molecule has 2 aromatic rings. The van der Waals surface area contributed by atoms with Crippen molar-refractivity contribution >= 4 is 11.5 Å². The summed E-state index contributed by atoms with van der Waals surface area (Å²) in [5.74, 6) is 1.10. The summed E-state index contributed by atoms with van der Waals surface area (Å²) in [7, 11) is 0. The molecule has 82 valence electrons. The number of aliphatic hydroxyl groups excluding tert-OH is 1. The number of aryl methyl sites for hydroxylation is 1. The Morgan fingerprint density at radius 2 is 1.94 bits per heavy atom. The van der Waals surface area contributed by atoms with E-state index in [2.05, 4.69) is 15.3 Å². The van der Waals surface area contributed by atoms with E-state index in [1.54, 1.807) is 12.3 Å². The Kier molecular flexibility index (Phi) is 3.12. The van der Waals surface area contributed by atoms with Crippen LogP contribution in [0.5, 0.6) is 0 Å². The molecule has 0 bridgehead atoms. The third-order valence-electron chi connectivity index (χ3n) is 2.17. The predicted molar refractivity (Wildman–Crippen MR) is 62.4 cm³/mol. The molecule has 0 fully saturated rings. The van der Waals surface area contributed by atoms with Crippen LogP contribution in [0, 0.1) is 6.92 Å². The highest BCUT2D eigenvalue weighted by molar-refractivity contribution is 5.55. The van der Waals surface area contributed by atoms with Gasteiger partial charge in [-0.25, -0.2) is 9.97 Å². The van der Waals surface area contributed by atoms with Gasteiger partial charge in [-0.05, 0) is 25.1 Å². The van der Waals surface area contributed by atoms with Gasteiger partial charge in [0, 0.05) is 11.9 Å². The van der Waals surface area contributed by atoms with Gasteiger partial charge in [0.2, 0.25) is 0 Å². The zero-order valence-electron chi connectivity index (χ0n) is 9.01. The summed E-state index contributed by atoms with van der Waals surface area (Å²) in [6, 6.07) is 9.78. The Morgan fingerprint density at radius 1 is 1.19 bits per heavy atom. The van der Waals surface area contributed by atoms with Crippen LogP contribution in [0.2, 0.25) is 0 Å². The Hall–Kier alpha value is -1.94. The first-order chi connectivity index (χ1) is 7.78. The molecule has 0 spiro atoms. The summed E-state index contributed by atoms with van der Waals surface area (Å²) in [5, 5.41) is 12.1. The van der Waals surface area contributed by atoms with E-state index in [0.29, 0.717) is 11.6 Å². The molecular formula is C12H13N3O. The van der Waals surface area contributed by atoms with Crippen molar-refractivity contribution in [3.8, 4) is 0 Å². The van der Waals surface area contributed by atoms with Crippen LogP contribution in [-0.2, 0) is 6.61 Å². The molecule has 1 aromatic heterocycles. The first kappa shape index (κ1) is 10.6. The largest absolute Gasteiger partial charge is 0.388 e. The minimum absolute atomic E-state index is 0.149. The highest BCUT2D eigenvalue weighted by atomic mass is 16.3. The summed E-state index contributed by atoms with van der Waals surface area (Å²) in [6.07, 6.45) is 1.62. The second-order valence-corrected chi connectivity index (χ2v) is 3.51. The lowest BCUT2D eigenvalue weighted by atomic mass is 10.2. The van der Waals surface area contributed by atoms with E-state index in [-0.39, 0.29) is 6.61 Å². The van der Waals surface area contributed by atoms with Crippen molar-refractivity contribution in [2.45, 2.75) is 13.5 Å². The van der Waals surface area contributed by atoms with E-state index < -0.39 is 0 Å². The van der Waals surface area contributed by atoms with Gasteiger partial charge in [-0.1, -0.05) is 17.7 Å². The monoisotopic (exact) mass is 215 g/mol. The molecule has 1 heterocycles. The van der Waals surface area contributed by atoms with Gasteiger partial charge in [0.15, 0.2) is 5.82 Å². The maximum Gasteiger partial charge on any atom is 0.156 e. The minimum Gasteiger partial charge on any atom is -0.388 e.